The zero-order valence-electron chi connectivity index (χ0n) is 13.9. The van der Waals surface area contributed by atoms with Crippen LogP contribution in [0.4, 0.5) is 13.6 Å². The maximum Gasteiger partial charge on any atom is 0.317 e. The molecule has 1 aliphatic rings. The van der Waals surface area contributed by atoms with Crippen molar-refractivity contribution >= 4 is 6.03 Å². The highest BCUT2D eigenvalue weighted by molar-refractivity contribution is 5.74. The van der Waals surface area contributed by atoms with Crippen molar-refractivity contribution in [2.75, 3.05) is 19.7 Å². The van der Waals surface area contributed by atoms with Crippen LogP contribution < -0.4 is 5.32 Å². The van der Waals surface area contributed by atoms with E-state index in [4.69, 9.17) is 10.00 Å². The van der Waals surface area contributed by atoms with Crippen LogP contribution in [0.2, 0.25) is 0 Å². The van der Waals surface area contributed by atoms with E-state index in [1.54, 1.807) is 29.2 Å². The van der Waals surface area contributed by atoms with Crippen molar-refractivity contribution in [3.05, 3.63) is 70.8 Å². The van der Waals surface area contributed by atoms with Gasteiger partial charge in [0.05, 0.1) is 24.8 Å². The number of halogens is 2. The molecule has 0 saturated carbocycles. The maximum absolute atomic E-state index is 13.4. The summed E-state index contributed by atoms with van der Waals surface area (Å²) in [5.74, 6) is -1.85. The van der Waals surface area contributed by atoms with E-state index in [9.17, 15) is 13.6 Å². The largest absolute Gasteiger partial charge is 0.370 e. The lowest BCUT2D eigenvalue weighted by atomic mass is 10.1. The van der Waals surface area contributed by atoms with Crippen molar-refractivity contribution in [3.63, 3.8) is 0 Å². The number of morpholine rings is 1. The molecule has 7 heteroatoms. The lowest BCUT2D eigenvalue weighted by Crippen LogP contribution is -2.47. The van der Waals surface area contributed by atoms with Gasteiger partial charge in [-0.2, -0.15) is 5.26 Å². The number of nitrogens with zero attached hydrogens (tertiary/aromatic N) is 2. The average molecular weight is 357 g/mol. The zero-order chi connectivity index (χ0) is 18.5. The average Bonchev–Trinajstić information content (AvgIpc) is 2.68. The van der Waals surface area contributed by atoms with Gasteiger partial charge in [0.25, 0.3) is 0 Å². The molecule has 3 rings (SSSR count). The van der Waals surface area contributed by atoms with E-state index in [0.29, 0.717) is 30.8 Å². The summed E-state index contributed by atoms with van der Waals surface area (Å²) in [6.45, 7) is 1.31. The van der Waals surface area contributed by atoms with Gasteiger partial charge in [0.1, 0.15) is 6.10 Å². The Kier molecular flexibility index (Phi) is 5.44. The molecular weight excluding hydrogens is 340 g/mol. The van der Waals surface area contributed by atoms with E-state index >= 15 is 0 Å². The number of benzene rings is 2. The van der Waals surface area contributed by atoms with Gasteiger partial charge in [0.15, 0.2) is 11.6 Å². The number of hydrogen-bond donors (Lipinski definition) is 1. The molecule has 0 aliphatic carbocycles. The van der Waals surface area contributed by atoms with Gasteiger partial charge in [-0.15, -0.1) is 0 Å². The summed E-state index contributed by atoms with van der Waals surface area (Å²) in [4.78, 5) is 13.9. The molecule has 0 aromatic heterocycles. The van der Waals surface area contributed by atoms with Gasteiger partial charge in [-0.3, -0.25) is 0 Å². The Hall–Kier alpha value is -2.98. The molecule has 0 spiro atoms. The van der Waals surface area contributed by atoms with Crippen LogP contribution in [0.15, 0.2) is 42.5 Å². The molecule has 1 fully saturated rings. The van der Waals surface area contributed by atoms with E-state index < -0.39 is 17.7 Å². The lowest BCUT2D eigenvalue weighted by molar-refractivity contribution is -0.0156. The molecule has 2 amide bonds. The van der Waals surface area contributed by atoms with Gasteiger partial charge in [-0.25, -0.2) is 13.6 Å². The topological polar surface area (TPSA) is 65.4 Å². The first-order valence-corrected chi connectivity index (χ1v) is 8.15. The van der Waals surface area contributed by atoms with Crippen molar-refractivity contribution in [2.45, 2.75) is 12.6 Å². The summed E-state index contributed by atoms with van der Waals surface area (Å²) in [7, 11) is 0. The predicted molar refractivity (Wildman–Crippen MR) is 90.0 cm³/mol. The second-order valence-corrected chi connectivity index (χ2v) is 5.95. The third-order valence-corrected chi connectivity index (χ3v) is 4.20. The summed E-state index contributed by atoms with van der Waals surface area (Å²) in [6, 6.07) is 12.3. The highest BCUT2D eigenvalue weighted by Crippen LogP contribution is 2.23. The minimum absolute atomic E-state index is 0.254. The molecule has 1 atom stereocenters. The van der Waals surface area contributed by atoms with Crippen LogP contribution >= 0.6 is 0 Å². The molecule has 0 radical (unpaired) electrons. The molecule has 1 N–H and O–H groups in total. The van der Waals surface area contributed by atoms with Gasteiger partial charge >= 0.3 is 6.03 Å². The van der Waals surface area contributed by atoms with Crippen LogP contribution in [0.5, 0.6) is 0 Å². The number of ether oxygens (including phenoxy) is 1. The summed E-state index contributed by atoms with van der Waals surface area (Å²) < 4.78 is 32.1. The number of hydrogen-bond acceptors (Lipinski definition) is 3. The third kappa shape index (κ3) is 4.16. The Morgan fingerprint density at radius 2 is 2.00 bits per heavy atom. The molecule has 5 nitrogen and oxygen atoms in total. The Morgan fingerprint density at radius 1 is 1.23 bits per heavy atom. The number of carbonyl (C=O) groups excluding carboxylic acids is 1. The minimum Gasteiger partial charge on any atom is -0.370 e. The Bertz CT molecular complexity index is 834. The molecular formula is C19H17F2N3O2. The maximum atomic E-state index is 13.4. The minimum atomic E-state index is -0.937. The summed E-state index contributed by atoms with van der Waals surface area (Å²) >= 11 is 0. The van der Waals surface area contributed by atoms with Crippen molar-refractivity contribution in [3.8, 4) is 6.07 Å². The Labute approximate surface area is 149 Å². The lowest BCUT2D eigenvalue weighted by Gasteiger charge is -2.33. The molecule has 2 aromatic rings. The van der Waals surface area contributed by atoms with Crippen LogP contribution in [0, 0.1) is 23.0 Å². The van der Waals surface area contributed by atoms with E-state index in [1.807, 2.05) is 6.07 Å². The van der Waals surface area contributed by atoms with Gasteiger partial charge in [-0.05, 0) is 35.4 Å². The van der Waals surface area contributed by atoms with Crippen molar-refractivity contribution in [1.29, 1.82) is 5.26 Å². The second kappa shape index (κ2) is 7.93. The Morgan fingerprint density at radius 3 is 2.69 bits per heavy atom. The molecule has 26 heavy (non-hydrogen) atoms. The number of urea groups is 1. The van der Waals surface area contributed by atoms with Crippen LogP contribution in [0.3, 0.4) is 0 Å². The molecule has 1 aliphatic heterocycles. The molecule has 1 saturated heterocycles. The Balaban J connectivity index is 1.58. The number of rotatable bonds is 3. The number of nitrogens with one attached hydrogen (secondary N) is 1. The zero-order valence-corrected chi connectivity index (χ0v) is 13.9. The van der Waals surface area contributed by atoms with E-state index in [1.165, 1.54) is 6.07 Å². The van der Waals surface area contributed by atoms with Crippen LogP contribution in [-0.2, 0) is 11.3 Å². The SMILES string of the molecule is N#Cc1ccc(CNC(=O)N2CCO[C@H](c3ccc(F)c(F)c3)C2)cc1. The number of nitriles is 1. The van der Waals surface area contributed by atoms with Crippen molar-refractivity contribution in [2.24, 2.45) is 0 Å². The van der Waals surface area contributed by atoms with Gasteiger partial charge < -0.3 is 15.0 Å². The fourth-order valence-electron chi connectivity index (χ4n) is 2.73. The number of carbonyl (C=O) groups is 1. The van der Waals surface area contributed by atoms with Crippen molar-refractivity contribution < 1.29 is 18.3 Å². The summed E-state index contributed by atoms with van der Waals surface area (Å²) in [5.41, 5.74) is 1.93. The quantitative estimate of drug-likeness (QED) is 0.918. The smallest absolute Gasteiger partial charge is 0.317 e. The fraction of sp³-hybridized carbons (Fsp3) is 0.263. The first-order valence-electron chi connectivity index (χ1n) is 8.15. The molecule has 1 heterocycles. The first-order chi connectivity index (χ1) is 12.6. The summed E-state index contributed by atoms with van der Waals surface area (Å²) in [6.07, 6.45) is -0.500. The van der Waals surface area contributed by atoms with Crippen LogP contribution in [-0.4, -0.2) is 30.6 Å². The van der Waals surface area contributed by atoms with Gasteiger partial charge in [0, 0.05) is 13.1 Å². The van der Waals surface area contributed by atoms with E-state index in [-0.39, 0.29) is 12.6 Å². The van der Waals surface area contributed by atoms with Gasteiger partial charge in [-0.1, -0.05) is 18.2 Å². The fourth-order valence-corrected chi connectivity index (χ4v) is 2.73. The van der Waals surface area contributed by atoms with E-state index in [0.717, 1.165) is 17.7 Å². The third-order valence-electron chi connectivity index (χ3n) is 4.20. The van der Waals surface area contributed by atoms with Crippen LogP contribution in [0.1, 0.15) is 22.8 Å². The monoisotopic (exact) mass is 357 g/mol. The predicted octanol–water partition coefficient (Wildman–Crippen LogP) is 3.12. The standard InChI is InChI=1S/C19H17F2N3O2/c20-16-6-5-15(9-17(16)21)18-12-24(7-8-26-18)19(25)23-11-14-3-1-13(10-22)2-4-14/h1-6,9,18H,7-8,11-12H2,(H,23,25)/t18-/m0/s1. The van der Waals surface area contributed by atoms with E-state index in [2.05, 4.69) is 5.32 Å². The molecule has 0 bridgehead atoms. The van der Waals surface area contributed by atoms with Crippen LogP contribution in [0.25, 0.3) is 0 Å². The first kappa shape index (κ1) is 17.8. The molecule has 134 valence electrons. The summed E-state index contributed by atoms with van der Waals surface area (Å²) in [5, 5.41) is 11.6. The highest BCUT2D eigenvalue weighted by atomic mass is 19.2. The number of amides is 2. The van der Waals surface area contributed by atoms with Crippen molar-refractivity contribution in [1.82, 2.24) is 10.2 Å². The second-order valence-electron chi connectivity index (χ2n) is 5.95. The van der Waals surface area contributed by atoms with Gasteiger partial charge in [0.2, 0.25) is 0 Å². The highest BCUT2D eigenvalue weighted by Gasteiger charge is 2.26. The molecule has 0 unspecified atom stereocenters. The normalized spacial score (nSPS) is 16.8. The molecule has 2 aromatic carbocycles.